The average molecular weight is 399 g/mol. The second kappa shape index (κ2) is 9.02. The third-order valence-electron chi connectivity index (χ3n) is 4.53. The standard InChI is InChI=1S/C21H23ClN4S/c1-3-15(2)16-8-10-18(11-9-16)24-21(27)25-19-12-23-26(14-19)13-17-6-4-5-7-20(17)22/h4-12,14-15H,3,13H2,1-2H3,(H2,24,25,27). The van der Waals surface area contributed by atoms with Crippen LogP contribution in [0.2, 0.25) is 5.02 Å². The number of hydrogen-bond donors (Lipinski definition) is 2. The van der Waals surface area contributed by atoms with Crippen LogP contribution in [-0.2, 0) is 6.54 Å². The molecule has 0 aliphatic carbocycles. The van der Waals surface area contributed by atoms with Crippen LogP contribution in [0.1, 0.15) is 37.3 Å². The molecule has 140 valence electrons. The zero-order valence-corrected chi connectivity index (χ0v) is 17.0. The Morgan fingerprint density at radius 2 is 1.81 bits per heavy atom. The van der Waals surface area contributed by atoms with Gasteiger partial charge in [-0.2, -0.15) is 5.10 Å². The fourth-order valence-corrected chi connectivity index (χ4v) is 3.17. The minimum atomic E-state index is 0.531. The van der Waals surface area contributed by atoms with E-state index in [0.29, 0.717) is 17.6 Å². The summed E-state index contributed by atoms with van der Waals surface area (Å²) in [7, 11) is 0. The summed E-state index contributed by atoms with van der Waals surface area (Å²) in [6, 6.07) is 16.1. The van der Waals surface area contributed by atoms with Gasteiger partial charge in [0.1, 0.15) is 0 Å². The van der Waals surface area contributed by atoms with Crippen molar-refractivity contribution in [2.24, 2.45) is 0 Å². The van der Waals surface area contributed by atoms with Crippen LogP contribution >= 0.6 is 23.8 Å². The van der Waals surface area contributed by atoms with E-state index in [-0.39, 0.29) is 0 Å². The van der Waals surface area contributed by atoms with Crippen LogP contribution < -0.4 is 10.6 Å². The first-order valence-electron chi connectivity index (χ1n) is 8.99. The van der Waals surface area contributed by atoms with Crippen LogP contribution in [0.4, 0.5) is 11.4 Å². The number of nitrogens with zero attached hydrogens (tertiary/aromatic N) is 2. The summed E-state index contributed by atoms with van der Waals surface area (Å²) in [5, 5.41) is 12.0. The van der Waals surface area contributed by atoms with Crippen molar-refractivity contribution >= 4 is 40.3 Å². The van der Waals surface area contributed by atoms with Gasteiger partial charge in [-0.25, -0.2) is 0 Å². The maximum absolute atomic E-state index is 6.21. The predicted octanol–water partition coefficient (Wildman–Crippen LogP) is 5.91. The highest BCUT2D eigenvalue weighted by Crippen LogP contribution is 2.21. The molecule has 2 aromatic carbocycles. The Morgan fingerprint density at radius 1 is 1.11 bits per heavy atom. The lowest BCUT2D eigenvalue weighted by Gasteiger charge is -2.12. The second-order valence-corrected chi connectivity index (χ2v) is 7.34. The topological polar surface area (TPSA) is 41.9 Å². The fourth-order valence-electron chi connectivity index (χ4n) is 2.74. The normalized spacial score (nSPS) is 11.8. The molecular formula is C21H23ClN4S. The van der Waals surface area contributed by atoms with E-state index in [2.05, 4.69) is 53.8 Å². The van der Waals surface area contributed by atoms with Crippen LogP contribution in [0.3, 0.4) is 0 Å². The van der Waals surface area contributed by atoms with Crippen molar-refractivity contribution in [3.05, 3.63) is 77.1 Å². The van der Waals surface area contributed by atoms with Crippen molar-refractivity contribution in [2.75, 3.05) is 10.6 Å². The molecule has 3 rings (SSSR count). The van der Waals surface area contributed by atoms with Gasteiger partial charge < -0.3 is 10.6 Å². The highest BCUT2D eigenvalue weighted by atomic mass is 35.5. The Labute approximate surface area is 170 Å². The lowest BCUT2D eigenvalue weighted by atomic mass is 9.99. The van der Waals surface area contributed by atoms with Gasteiger partial charge in [0.25, 0.3) is 0 Å². The van der Waals surface area contributed by atoms with Gasteiger partial charge in [-0.1, -0.05) is 55.8 Å². The molecule has 0 aliphatic heterocycles. The van der Waals surface area contributed by atoms with Gasteiger partial charge in [0.2, 0.25) is 0 Å². The Hall–Kier alpha value is -2.37. The van der Waals surface area contributed by atoms with E-state index in [0.717, 1.165) is 28.4 Å². The van der Waals surface area contributed by atoms with Crippen LogP contribution in [0.5, 0.6) is 0 Å². The molecule has 27 heavy (non-hydrogen) atoms. The smallest absolute Gasteiger partial charge is 0.175 e. The van der Waals surface area contributed by atoms with Gasteiger partial charge in [0, 0.05) is 16.9 Å². The minimum absolute atomic E-state index is 0.531. The number of rotatable bonds is 6. The molecule has 0 amide bonds. The lowest BCUT2D eigenvalue weighted by molar-refractivity contribution is 0.687. The first kappa shape index (κ1) is 19.4. The molecule has 2 N–H and O–H groups in total. The van der Waals surface area contributed by atoms with Gasteiger partial charge in [-0.05, 0) is 53.9 Å². The molecule has 1 atom stereocenters. The average Bonchev–Trinajstić information content (AvgIpc) is 3.10. The summed E-state index contributed by atoms with van der Waals surface area (Å²) in [4.78, 5) is 0. The maximum Gasteiger partial charge on any atom is 0.175 e. The predicted molar refractivity (Wildman–Crippen MR) is 118 cm³/mol. The van der Waals surface area contributed by atoms with Crippen molar-refractivity contribution in [3.8, 4) is 0 Å². The van der Waals surface area contributed by atoms with Crippen LogP contribution in [0.25, 0.3) is 0 Å². The second-order valence-electron chi connectivity index (χ2n) is 6.53. The minimum Gasteiger partial charge on any atom is -0.332 e. The first-order chi connectivity index (χ1) is 13.0. The highest BCUT2D eigenvalue weighted by Gasteiger charge is 2.06. The monoisotopic (exact) mass is 398 g/mol. The summed E-state index contributed by atoms with van der Waals surface area (Å²) in [6.07, 6.45) is 4.78. The third-order valence-corrected chi connectivity index (χ3v) is 5.10. The van der Waals surface area contributed by atoms with Gasteiger partial charge in [0.05, 0.1) is 18.4 Å². The van der Waals surface area contributed by atoms with Crippen molar-refractivity contribution in [1.29, 1.82) is 0 Å². The number of aromatic nitrogens is 2. The number of benzene rings is 2. The molecule has 1 unspecified atom stereocenters. The summed E-state index contributed by atoms with van der Waals surface area (Å²) < 4.78 is 1.83. The van der Waals surface area contributed by atoms with Crippen molar-refractivity contribution in [1.82, 2.24) is 9.78 Å². The summed E-state index contributed by atoms with van der Waals surface area (Å²) >= 11 is 11.6. The number of thiocarbonyl (C=S) groups is 1. The Kier molecular flexibility index (Phi) is 6.48. The molecule has 0 fully saturated rings. The Balaban J connectivity index is 1.57. The SMILES string of the molecule is CCC(C)c1ccc(NC(=S)Nc2cnn(Cc3ccccc3Cl)c2)cc1. The molecule has 1 heterocycles. The number of anilines is 2. The lowest BCUT2D eigenvalue weighted by Crippen LogP contribution is -2.18. The van der Waals surface area contributed by atoms with Crippen LogP contribution in [0.15, 0.2) is 60.9 Å². The maximum atomic E-state index is 6.21. The first-order valence-corrected chi connectivity index (χ1v) is 9.77. The summed E-state index contributed by atoms with van der Waals surface area (Å²) in [5.41, 5.74) is 4.15. The fraction of sp³-hybridized carbons (Fsp3) is 0.238. The van der Waals surface area contributed by atoms with E-state index < -0.39 is 0 Å². The molecule has 6 heteroatoms. The van der Waals surface area contributed by atoms with Crippen molar-refractivity contribution < 1.29 is 0 Å². The van der Waals surface area contributed by atoms with Crippen LogP contribution in [-0.4, -0.2) is 14.9 Å². The number of nitrogens with one attached hydrogen (secondary N) is 2. The van der Waals surface area contributed by atoms with Crippen molar-refractivity contribution in [2.45, 2.75) is 32.7 Å². The molecule has 0 bridgehead atoms. The molecule has 3 aromatic rings. The molecule has 0 saturated carbocycles. The Morgan fingerprint density at radius 3 is 2.52 bits per heavy atom. The summed E-state index contributed by atoms with van der Waals surface area (Å²) in [6.45, 7) is 5.04. The summed E-state index contributed by atoms with van der Waals surface area (Å²) in [5.74, 6) is 0.563. The van der Waals surface area contributed by atoms with E-state index in [1.807, 2.05) is 35.1 Å². The zero-order chi connectivity index (χ0) is 19.2. The van der Waals surface area contributed by atoms with E-state index in [1.165, 1.54) is 5.56 Å². The van der Waals surface area contributed by atoms with E-state index in [1.54, 1.807) is 6.20 Å². The van der Waals surface area contributed by atoms with E-state index in [4.69, 9.17) is 23.8 Å². The quantitative estimate of drug-likeness (QED) is 0.506. The van der Waals surface area contributed by atoms with E-state index >= 15 is 0 Å². The van der Waals surface area contributed by atoms with E-state index in [9.17, 15) is 0 Å². The number of hydrogen-bond acceptors (Lipinski definition) is 2. The molecule has 1 aromatic heterocycles. The molecule has 0 aliphatic rings. The van der Waals surface area contributed by atoms with Gasteiger partial charge in [0.15, 0.2) is 5.11 Å². The zero-order valence-electron chi connectivity index (χ0n) is 15.4. The van der Waals surface area contributed by atoms with Gasteiger partial charge in [-0.3, -0.25) is 4.68 Å². The van der Waals surface area contributed by atoms with Crippen LogP contribution in [0, 0.1) is 0 Å². The largest absolute Gasteiger partial charge is 0.332 e. The Bertz CT molecular complexity index is 905. The molecule has 0 spiro atoms. The number of halogens is 1. The molecule has 0 radical (unpaired) electrons. The third kappa shape index (κ3) is 5.31. The van der Waals surface area contributed by atoms with Gasteiger partial charge in [-0.15, -0.1) is 0 Å². The van der Waals surface area contributed by atoms with Crippen molar-refractivity contribution in [3.63, 3.8) is 0 Å². The highest BCUT2D eigenvalue weighted by molar-refractivity contribution is 7.80. The van der Waals surface area contributed by atoms with Gasteiger partial charge >= 0.3 is 0 Å². The molecular weight excluding hydrogens is 376 g/mol. The molecule has 0 saturated heterocycles. The molecule has 4 nitrogen and oxygen atoms in total.